The van der Waals surface area contributed by atoms with E-state index in [0.29, 0.717) is 46.0 Å². The van der Waals surface area contributed by atoms with E-state index >= 15 is 0 Å². The van der Waals surface area contributed by atoms with Crippen molar-refractivity contribution in [1.82, 2.24) is 15.1 Å². The number of nitrogens with zero attached hydrogens (tertiary/aromatic N) is 3. The smallest absolute Gasteiger partial charge is 0.302 e. The van der Waals surface area contributed by atoms with Gasteiger partial charge >= 0.3 is 5.91 Å². The third-order valence-electron chi connectivity index (χ3n) is 11.4. The molecule has 0 saturated heterocycles. The normalized spacial score (nSPS) is 15.3. The van der Waals surface area contributed by atoms with Gasteiger partial charge in [0.1, 0.15) is 0 Å². The molecule has 0 radical (unpaired) electrons. The average molecular weight is 711 g/mol. The van der Waals surface area contributed by atoms with Crippen molar-refractivity contribution in [2.24, 2.45) is 5.92 Å². The Morgan fingerprint density at radius 2 is 1.06 bits per heavy atom. The van der Waals surface area contributed by atoms with Gasteiger partial charge < -0.3 is 10.2 Å². The number of benzene rings is 5. The molecule has 2 aliphatic rings. The number of imide groups is 2. The van der Waals surface area contributed by atoms with Gasteiger partial charge in [0.05, 0.1) is 0 Å². The Bertz CT molecular complexity index is 2220. The highest BCUT2D eigenvalue weighted by atomic mass is 16.2. The zero-order valence-electron chi connectivity index (χ0n) is 30.8. The molecule has 0 aromatic heterocycles. The largest absolute Gasteiger partial charge is 0.349 e. The molecule has 7 rings (SSSR count). The first-order valence-corrected chi connectivity index (χ1v) is 19.3. The van der Waals surface area contributed by atoms with E-state index in [9.17, 15) is 24.0 Å². The topological polar surface area (TPSA) is 108 Å². The summed E-state index contributed by atoms with van der Waals surface area (Å²) in [6, 6.07) is 14.2. The second-order valence-corrected chi connectivity index (χ2v) is 14.8. The maximum absolute atomic E-state index is 14.2. The van der Waals surface area contributed by atoms with Crippen LogP contribution in [0, 0.1) is 12.5 Å². The van der Waals surface area contributed by atoms with Crippen LogP contribution in [-0.4, -0.2) is 65.0 Å². The SMILES string of the molecule is [C-]#[N+][C@@H](C)C(=O)NCCCN1C(=O)c2ccc3c4ccc5c6c(ccc(c7ccc(c2c37)C1=O)c64)C(=O)N(CC(CCCCC)CCCCCC)C5=O. The van der Waals surface area contributed by atoms with Crippen molar-refractivity contribution in [3.63, 3.8) is 0 Å². The molecule has 5 aromatic carbocycles. The van der Waals surface area contributed by atoms with Crippen LogP contribution in [0.15, 0.2) is 48.5 Å². The molecule has 1 N–H and O–H groups in total. The number of amides is 5. The van der Waals surface area contributed by atoms with Crippen LogP contribution in [0.5, 0.6) is 0 Å². The Kier molecular flexibility index (Phi) is 10.2. The molecule has 5 amide bonds. The molecule has 9 heteroatoms. The number of fused-ring (bicyclic) bond motifs is 2. The zero-order valence-corrected chi connectivity index (χ0v) is 30.8. The lowest BCUT2D eigenvalue weighted by Gasteiger charge is -2.32. The maximum Gasteiger partial charge on any atom is 0.302 e. The van der Waals surface area contributed by atoms with Gasteiger partial charge in [-0.1, -0.05) is 83.1 Å². The molecular formula is C44H46N4O5. The second kappa shape index (κ2) is 14.9. The summed E-state index contributed by atoms with van der Waals surface area (Å²) in [6.07, 6.45) is 10.4. The lowest BCUT2D eigenvalue weighted by atomic mass is 9.82. The third kappa shape index (κ3) is 6.18. The molecule has 2 atom stereocenters. The predicted molar refractivity (Wildman–Crippen MR) is 208 cm³/mol. The van der Waals surface area contributed by atoms with Crippen LogP contribution in [0.25, 0.3) is 47.9 Å². The van der Waals surface area contributed by atoms with Gasteiger partial charge in [-0.25, -0.2) is 6.57 Å². The van der Waals surface area contributed by atoms with Crippen molar-refractivity contribution in [2.45, 2.75) is 91.0 Å². The highest BCUT2D eigenvalue weighted by Crippen LogP contribution is 2.46. The van der Waals surface area contributed by atoms with Gasteiger partial charge in [-0.15, -0.1) is 0 Å². The van der Waals surface area contributed by atoms with Crippen LogP contribution in [-0.2, 0) is 4.79 Å². The predicted octanol–water partition coefficient (Wildman–Crippen LogP) is 8.91. The van der Waals surface area contributed by atoms with Gasteiger partial charge in [-0.05, 0) is 81.8 Å². The molecule has 5 aromatic rings. The lowest BCUT2D eigenvalue weighted by Crippen LogP contribution is -2.43. The van der Waals surface area contributed by atoms with Crippen molar-refractivity contribution >= 4 is 72.6 Å². The molecule has 0 bridgehead atoms. The van der Waals surface area contributed by atoms with E-state index in [1.807, 2.05) is 36.4 Å². The molecule has 0 spiro atoms. The van der Waals surface area contributed by atoms with Crippen LogP contribution < -0.4 is 5.32 Å². The highest BCUT2D eigenvalue weighted by molar-refractivity contribution is 6.41. The number of rotatable bonds is 16. The molecule has 0 saturated carbocycles. The van der Waals surface area contributed by atoms with E-state index in [-0.39, 0.29) is 36.7 Å². The van der Waals surface area contributed by atoms with E-state index < -0.39 is 17.9 Å². The molecule has 1 unspecified atom stereocenters. The number of carbonyl (C=O) groups excluding carboxylic acids is 5. The summed E-state index contributed by atoms with van der Waals surface area (Å²) < 4.78 is 0. The van der Waals surface area contributed by atoms with Crippen molar-refractivity contribution in [3.05, 3.63) is 82.2 Å². The Morgan fingerprint density at radius 3 is 1.51 bits per heavy atom. The number of hydrogen-bond acceptors (Lipinski definition) is 5. The molecule has 272 valence electrons. The zero-order chi connectivity index (χ0) is 37.4. The molecular weight excluding hydrogens is 665 g/mol. The Morgan fingerprint density at radius 1 is 0.623 bits per heavy atom. The van der Waals surface area contributed by atoms with E-state index in [0.717, 1.165) is 70.8 Å². The number of nitrogens with one attached hydrogen (secondary N) is 1. The van der Waals surface area contributed by atoms with Crippen molar-refractivity contribution in [1.29, 1.82) is 0 Å². The quantitative estimate of drug-likeness (QED) is 0.0362. The Labute approximate surface area is 309 Å². The number of carbonyl (C=O) groups is 5. The summed E-state index contributed by atoms with van der Waals surface area (Å²) in [6.45, 7) is 13.7. The fraction of sp³-hybridized carbons (Fsp3) is 0.409. The van der Waals surface area contributed by atoms with Crippen molar-refractivity contribution in [2.75, 3.05) is 19.6 Å². The standard InChI is InChI=1S/C44H46N4O5/c1-5-7-9-11-14-27(13-10-8-6-2)25-48-43(52)34-21-17-30-28-15-19-32-38-33(42(51)47(41(32)50)24-12-23-46-40(49)26(3)45-4)20-16-29(36(28)38)31-18-22-35(44(48)53)39(34)37(30)31/h15-22,26-27H,5-14,23-25H2,1-3H3,(H,46,49)/t26-,27?/m0/s1. The first-order valence-electron chi connectivity index (χ1n) is 19.3. The molecule has 0 aliphatic carbocycles. The summed E-state index contributed by atoms with van der Waals surface area (Å²) in [4.78, 5) is 74.1. The van der Waals surface area contributed by atoms with Gasteiger partial charge in [0.25, 0.3) is 29.7 Å². The van der Waals surface area contributed by atoms with Crippen molar-refractivity contribution in [3.8, 4) is 0 Å². The van der Waals surface area contributed by atoms with Crippen LogP contribution in [0.1, 0.15) is 126 Å². The van der Waals surface area contributed by atoms with E-state index in [1.54, 1.807) is 12.1 Å². The monoisotopic (exact) mass is 710 g/mol. The Balaban J connectivity index is 1.24. The first kappa shape index (κ1) is 36.0. The highest BCUT2D eigenvalue weighted by Gasteiger charge is 2.37. The minimum absolute atomic E-state index is 0.125. The fourth-order valence-electron chi connectivity index (χ4n) is 8.52. The average Bonchev–Trinajstić information content (AvgIpc) is 3.17. The van der Waals surface area contributed by atoms with Gasteiger partial charge in [0, 0.05) is 59.6 Å². The van der Waals surface area contributed by atoms with Crippen LogP contribution in [0.3, 0.4) is 0 Å². The van der Waals surface area contributed by atoms with Crippen LogP contribution in [0.4, 0.5) is 0 Å². The summed E-state index contributed by atoms with van der Waals surface area (Å²) in [5, 5.41) is 9.08. The second-order valence-electron chi connectivity index (χ2n) is 14.8. The van der Waals surface area contributed by atoms with Gasteiger partial charge in [0.15, 0.2) is 0 Å². The summed E-state index contributed by atoms with van der Waals surface area (Å²) >= 11 is 0. The molecule has 53 heavy (non-hydrogen) atoms. The summed E-state index contributed by atoms with van der Waals surface area (Å²) in [5.74, 6) is -1.38. The number of hydrogen-bond donors (Lipinski definition) is 1. The minimum atomic E-state index is -0.796. The Hall–Kier alpha value is -5.36. The first-order chi connectivity index (χ1) is 25.7. The van der Waals surface area contributed by atoms with E-state index in [4.69, 9.17) is 6.57 Å². The van der Waals surface area contributed by atoms with E-state index in [2.05, 4.69) is 24.0 Å². The molecule has 2 aliphatic heterocycles. The molecule has 2 heterocycles. The lowest BCUT2D eigenvalue weighted by molar-refractivity contribution is -0.121. The molecule has 0 fully saturated rings. The van der Waals surface area contributed by atoms with Gasteiger partial charge in [-0.2, -0.15) is 0 Å². The number of unbranched alkanes of at least 4 members (excludes halogenated alkanes) is 5. The molecule has 9 nitrogen and oxygen atoms in total. The third-order valence-corrected chi connectivity index (χ3v) is 11.4. The maximum atomic E-state index is 14.2. The van der Waals surface area contributed by atoms with Gasteiger partial charge in [-0.3, -0.25) is 33.8 Å². The fourth-order valence-corrected chi connectivity index (χ4v) is 8.52. The van der Waals surface area contributed by atoms with Gasteiger partial charge in [0.2, 0.25) is 0 Å². The summed E-state index contributed by atoms with van der Waals surface area (Å²) in [5.41, 5.74) is 1.94. The van der Waals surface area contributed by atoms with E-state index in [1.165, 1.54) is 36.0 Å². The van der Waals surface area contributed by atoms with Crippen molar-refractivity contribution < 1.29 is 24.0 Å². The minimum Gasteiger partial charge on any atom is -0.349 e. The van der Waals surface area contributed by atoms with Crippen LogP contribution >= 0.6 is 0 Å². The summed E-state index contributed by atoms with van der Waals surface area (Å²) in [7, 11) is 0. The van der Waals surface area contributed by atoms with Crippen LogP contribution in [0.2, 0.25) is 0 Å².